The summed E-state index contributed by atoms with van der Waals surface area (Å²) in [4.78, 5) is 4.00. The number of nitrogens with one attached hydrogen (secondary N) is 2. The molecule has 1 aliphatic rings. The second-order valence-electron chi connectivity index (χ2n) is 6.25. The van der Waals surface area contributed by atoms with E-state index in [2.05, 4.69) is 15.6 Å². The minimum atomic E-state index is -0.258. The Bertz CT molecular complexity index is 666. The van der Waals surface area contributed by atoms with Crippen molar-refractivity contribution in [2.45, 2.75) is 19.3 Å². The third-order valence-corrected chi connectivity index (χ3v) is 4.41. The Balaban J connectivity index is 1.53. The number of nitrogens with zero attached hydrogens (tertiary/aromatic N) is 1. The number of aromatic nitrogens is 1. The van der Waals surface area contributed by atoms with Gasteiger partial charge in [-0.05, 0) is 35.4 Å². The Morgan fingerprint density at radius 2 is 2.00 bits per heavy atom. The van der Waals surface area contributed by atoms with Crippen LogP contribution in [0.2, 0.25) is 0 Å². The molecule has 0 aliphatic carbocycles. The van der Waals surface area contributed by atoms with E-state index in [4.69, 9.17) is 9.47 Å². The highest BCUT2D eigenvalue weighted by molar-refractivity contribution is 5.43. The fourth-order valence-corrected chi connectivity index (χ4v) is 2.91. The summed E-state index contributed by atoms with van der Waals surface area (Å²) in [5.74, 6) is 1.71. The van der Waals surface area contributed by atoms with Crippen molar-refractivity contribution >= 4 is 0 Å². The Morgan fingerprint density at radius 1 is 1.16 bits per heavy atom. The van der Waals surface area contributed by atoms with Gasteiger partial charge >= 0.3 is 0 Å². The standard InChI is InChI=1S/C19H25N3O3/c1-24-19-8-15(9-21-10-16-11-22-12-17(16)23)2-3-18(19)25-13-14-4-6-20-7-5-14/h2-8,16-17,21-23H,9-13H2,1H3. The van der Waals surface area contributed by atoms with Gasteiger partial charge in [-0.3, -0.25) is 4.98 Å². The van der Waals surface area contributed by atoms with Crippen LogP contribution in [0.5, 0.6) is 11.5 Å². The highest BCUT2D eigenvalue weighted by Crippen LogP contribution is 2.28. The molecular weight excluding hydrogens is 318 g/mol. The number of hydrogen-bond donors (Lipinski definition) is 3. The van der Waals surface area contributed by atoms with E-state index in [0.29, 0.717) is 13.2 Å². The number of β-amino-alcohol motifs (C(OH)–C–C–N with tert-alkyl or cyclic N) is 1. The molecule has 2 unspecified atom stereocenters. The van der Waals surface area contributed by atoms with Crippen molar-refractivity contribution in [2.24, 2.45) is 5.92 Å². The van der Waals surface area contributed by atoms with Crippen molar-refractivity contribution in [2.75, 3.05) is 26.7 Å². The molecule has 2 heterocycles. The smallest absolute Gasteiger partial charge is 0.161 e. The molecular formula is C19H25N3O3. The lowest BCUT2D eigenvalue weighted by Gasteiger charge is -2.15. The first kappa shape index (κ1) is 17.7. The van der Waals surface area contributed by atoms with Gasteiger partial charge in [0.2, 0.25) is 0 Å². The maximum atomic E-state index is 9.81. The SMILES string of the molecule is COc1cc(CNCC2CNCC2O)ccc1OCc1ccncc1. The summed E-state index contributed by atoms with van der Waals surface area (Å²) in [5.41, 5.74) is 2.18. The van der Waals surface area contributed by atoms with E-state index in [9.17, 15) is 5.11 Å². The first-order valence-electron chi connectivity index (χ1n) is 8.54. The van der Waals surface area contributed by atoms with Crippen LogP contribution in [-0.2, 0) is 13.2 Å². The first-order chi connectivity index (χ1) is 12.3. The minimum absolute atomic E-state index is 0.258. The molecule has 0 bridgehead atoms. The molecule has 1 saturated heterocycles. The molecule has 134 valence electrons. The predicted molar refractivity (Wildman–Crippen MR) is 95.6 cm³/mol. The molecule has 1 aliphatic heterocycles. The van der Waals surface area contributed by atoms with E-state index in [1.165, 1.54) is 0 Å². The van der Waals surface area contributed by atoms with Crippen molar-refractivity contribution in [3.05, 3.63) is 53.9 Å². The molecule has 0 saturated carbocycles. The van der Waals surface area contributed by atoms with Gasteiger partial charge in [-0.15, -0.1) is 0 Å². The number of aliphatic hydroxyl groups is 1. The maximum Gasteiger partial charge on any atom is 0.161 e. The average molecular weight is 343 g/mol. The quantitative estimate of drug-likeness (QED) is 0.672. The van der Waals surface area contributed by atoms with Crippen molar-refractivity contribution in [3.63, 3.8) is 0 Å². The van der Waals surface area contributed by atoms with Gasteiger partial charge in [-0.1, -0.05) is 6.07 Å². The van der Waals surface area contributed by atoms with Gasteiger partial charge in [0.05, 0.1) is 13.2 Å². The van der Waals surface area contributed by atoms with E-state index in [1.54, 1.807) is 19.5 Å². The second kappa shape index (κ2) is 8.80. The van der Waals surface area contributed by atoms with Gasteiger partial charge in [-0.25, -0.2) is 0 Å². The van der Waals surface area contributed by atoms with Crippen molar-refractivity contribution in [3.8, 4) is 11.5 Å². The topological polar surface area (TPSA) is 75.6 Å². The Kier molecular flexibility index (Phi) is 6.22. The average Bonchev–Trinajstić information content (AvgIpc) is 3.06. The van der Waals surface area contributed by atoms with E-state index in [0.717, 1.165) is 42.3 Å². The summed E-state index contributed by atoms with van der Waals surface area (Å²) in [5, 5.41) is 16.4. The highest BCUT2D eigenvalue weighted by Gasteiger charge is 2.24. The molecule has 3 N–H and O–H groups in total. The van der Waals surface area contributed by atoms with Gasteiger partial charge in [0.25, 0.3) is 0 Å². The van der Waals surface area contributed by atoms with Crippen LogP contribution in [-0.4, -0.2) is 42.9 Å². The third kappa shape index (κ3) is 4.92. The molecule has 25 heavy (non-hydrogen) atoms. The number of ether oxygens (including phenoxy) is 2. The molecule has 6 heteroatoms. The Hall–Kier alpha value is -2.15. The number of benzene rings is 1. The van der Waals surface area contributed by atoms with E-state index in [1.807, 2.05) is 30.3 Å². The van der Waals surface area contributed by atoms with Crippen LogP contribution in [0.3, 0.4) is 0 Å². The van der Waals surface area contributed by atoms with E-state index < -0.39 is 0 Å². The zero-order chi connectivity index (χ0) is 17.5. The summed E-state index contributed by atoms with van der Waals surface area (Å²) < 4.78 is 11.3. The molecule has 1 aromatic carbocycles. The lowest BCUT2D eigenvalue weighted by atomic mass is 10.1. The maximum absolute atomic E-state index is 9.81. The molecule has 3 rings (SSSR count). The molecule has 0 radical (unpaired) electrons. The third-order valence-electron chi connectivity index (χ3n) is 4.41. The first-order valence-corrected chi connectivity index (χ1v) is 8.54. The van der Waals surface area contributed by atoms with Crippen LogP contribution >= 0.6 is 0 Å². The zero-order valence-electron chi connectivity index (χ0n) is 14.4. The molecule has 1 aromatic heterocycles. The molecule has 2 atom stereocenters. The molecule has 2 aromatic rings. The van der Waals surface area contributed by atoms with Crippen LogP contribution in [0.4, 0.5) is 0 Å². The molecule has 0 amide bonds. The lowest BCUT2D eigenvalue weighted by Crippen LogP contribution is -2.30. The van der Waals surface area contributed by atoms with Gasteiger partial charge in [0.15, 0.2) is 11.5 Å². The number of hydrogen-bond acceptors (Lipinski definition) is 6. The van der Waals surface area contributed by atoms with Crippen LogP contribution < -0.4 is 20.1 Å². The van der Waals surface area contributed by atoms with Crippen molar-refractivity contribution in [1.29, 1.82) is 0 Å². The molecule has 0 spiro atoms. The van der Waals surface area contributed by atoms with Crippen molar-refractivity contribution < 1.29 is 14.6 Å². The Morgan fingerprint density at radius 3 is 2.72 bits per heavy atom. The highest BCUT2D eigenvalue weighted by atomic mass is 16.5. The molecule has 1 fully saturated rings. The number of aliphatic hydroxyl groups excluding tert-OH is 1. The largest absolute Gasteiger partial charge is 0.493 e. The van der Waals surface area contributed by atoms with Crippen LogP contribution in [0.15, 0.2) is 42.7 Å². The monoisotopic (exact) mass is 343 g/mol. The minimum Gasteiger partial charge on any atom is -0.493 e. The van der Waals surface area contributed by atoms with Gasteiger partial charge in [0, 0.05) is 44.5 Å². The fraction of sp³-hybridized carbons (Fsp3) is 0.421. The molecule has 6 nitrogen and oxygen atoms in total. The van der Waals surface area contributed by atoms with E-state index >= 15 is 0 Å². The number of rotatable bonds is 8. The lowest BCUT2D eigenvalue weighted by molar-refractivity contribution is 0.146. The van der Waals surface area contributed by atoms with Gasteiger partial charge in [0.1, 0.15) is 6.61 Å². The second-order valence-corrected chi connectivity index (χ2v) is 6.25. The summed E-state index contributed by atoms with van der Waals surface area (Å²) in [6.07, 6.45) is 3.24. The summed E-state index contributed by atoms with van der Waals surface area (Å²) in [6, 6.07) is 9.80. The summed E-state index contributed by atoms with van der Waals surface area (Å²) in [6.45, 7) is 3.53. The fourth-order valence-electron chi connectivity index (χ4n) is 2.91. The number of pyridine rings is 1. The van der Waals surface area contributed by atoms with Crippen LogP contribution in [0.25, 0.3) is 0 Å². The predicted octanol–water partition coefficient (Wildman–Crippen LogP) is 1.34. The van der Waals surface area contributed by atoms with Crippen LogP contribution in [0.1, 0.15) is 11.1 Å². The zero-order valence-corrected chi connectivity index (χ0v) is 14.4. The van der Waals surface area contributed by atoms with E-state index in [-0.39, 0.29) is 12.0 Å². The van der Waals surface area contributed by atoms with Crippen LogP contribution in [0, 0.1) is 5.92 Å². The Labute approximate surface area is 148 Å². The van der Waals surface area contributed by atoms with Gasteiger partial charge in [-0.2, -0.15) is 0 Å². The van der Waals surface area contributed by atoms with Gasteiger partial charge < -0.3 is 25.2 Å². The summed E-state index contributed by atoms with van der Waals surface area (Å²) in [7, 11) is 1.65. The summed E-state index contributed by atoms with van der Waals surface area (Å²) >= 11 is 0. The normalized spacial score (nSPS) is 19.8. The number of methoxy groups -OCH3 is 1. The van der Waals surface area contributed by atoms with Crippen molar-refractivity contribution in [1.82, 2.24) is 15.6 Å².